The number of hydrogen-bond acceptors (Lipinski definition) is 8. The summed E-state index contributed by atoms with van der Waals surface area (Å²) < 4.78 is 23.9. The van der Waals surface area contributed by atoms with E-state index >= 15 is 0 Å². The van der Waals surface area contributed by atoms with Gasteiger partial charge in [0.25, 0.3) is 0 Å². The summed E-state index contributed by atoms with van der Waals surface area (Å²) >= 11 is 0. The first-order chi connectivity index (χ1) is 22.5. The lowest BCUT2D eigenvalue weighted by molar-refractivity contribution is -0.143. The Morgan fingerprint density at radius 3 is 1.88 bits per heavy atom. The third-order valence-electron chi connectivity index (χ3n) is 10.4. The minimum atomic E-state index is -1.00. The maximum Gasteiger partial charge on any atom is 0.331 e. The lowest BCUT2D eigenvalue weighted by Gasteiger charge is -2.41. The van der Waals surface area contributed by atoms with Crippen molar-refractivity contribution in [3.8, 4) is 0 Å². The first-order valence-electron chi connectivity index (χ1n) is 17.5. The minimum absolute atomic E-state index is 0.0360. The highest BCUT2D eigenvalue weighted by molar-refractivity contribution is 6.06. The normalized spacial score (nSPS) is 30.2. The molecule has 5 aliphatic rings. The zero-order valence-electron chi connectivity index (χ0n) is 30.0. The summed E-state index contributed by atoms with van der Waals surface area (Å²) in [6.07, 6.45) is 15.9. The molecule has 0 aromatic carbocycles. The van der Waals surface area contributed by atoms with Crippen LogP contribution in [-0.2, 0) is 38.1 Å². The number of carbonyl (C=O) groups is 4. The predicted octanol–water partition coefficient (Wildman–Crippen LogP) is 8.03. The Hall–Kier alpha value is -3.68. The molecule has 0 bridgehead atoms. The summed E-state index contributed by atoms with van der Waals surface area (Å²) in [7, 11) is 0. The second-order valence-corrected chi connectivity index (χ2v) is 15.6. The Morgan fingerprint density at radius 1 is 0.792 bits per heavy atom. The van der Waals surface area contributed by atoms with Gasteiger partial charge < -0.3 is 18.9 Å². The largest absolute Gasteiger partial charge is 0.483 e. The van der Waals surface area contributed by atoms with E-state index < -0.39 is 16.6 Å². The zero-order valence-corrected chi connectivity index (χ0v) is 30.0. The van der Waals surface area contributed by atoms with Crippen molar-refractivity contribution in [2.75, 3.05) is 0 Å². The second-order valence-electron chi connectivity index (χ2n) is 15.6. The van der Waals surface area contributed by atoms with E-state index in [-0.39, 0.29) is 41.6 Å². The Balaban J connectivity index is 1.36. The molecule has 4 atom stereocenters. The molecule has 0 N–H and O–H groups in total. The van der Waals surface area contributed by atoms with Gasteiger partial charge in [-0.2, -0.15) is 0 Å². The van der Waals surface area contributed by atoms with Gasteiger partial charge in [0, 0.05) is 37.0 Å². The fourth-order valence-corrected chi connectivity index (χ4v) is 7.87. The predicted molar refractivity (Wildman–Crippen MR) is 182 cm³/mol. The Labute approximate surface area is 285 Å². The number of Topliss-reactive ketones (excluding diaryl/α,β-unsaturated/α-hetero) is 1. The van der Waals surface area contributed by atoms with Crippen LogP contribution in [0.25, 0.3) is 0 Å². The Bertz CT molecular complexity index is 1560. The summed E-state index contributed by atoms with van der Waals surface area (Å²) in [6.45, 7) is 15.2. The number of carbonyl (C=O) groups excluding carboxylic acids is 4. The van der Waals surface area contributed by atoms with E-state index in [0.717, 1.165) is 61.0 Å². The molecule has 1 aliphatic carbocycles. The SMILES string of the molecule is CC(=C[C@@H]1CC(C)=CC(=O)O1)CCC[C@H]1CC[C@](CCC/C(C)=C/[C@@H]2CC(C)=CC(=O)O2)(C2=CC(=O)C(C)(C)O2)C2=C1OC(C)(C)C2=O. The van der Waals surface area contributed by atoms with Gasteiger partial charge in [0.05, 0.1) is 11.0 Å². The van der Waals surface area contributed by atoms with Crippen molar-refractivity contribution in [1.29, 1.82) is 0 Å². The number of ether oxygens (including phenoxy) is 4. The molecule has 8 nitrogen and oxygen atoms in total. The fraction of sp³-hybridized carbons (Fsp3) is 0.600. The average Bonchev–Trinajstić information content (AvgIpc) is 3.38. The summed E-state index contributed by atoms with van der Waals surface area (Å²) in [5.41, 5.74) is 2.24. The standard InChI is InChI=1S/C40H52O8/c1-24(17-29-19-26(3)21-33(42)45-29)11-9-13-28-14-16-40(32-23-31(41)38(5,6)47-32,35-36(28)48-39(7,8)37(35)44)15-10-12-25(2)18-30-20-27(4)22-34(43)46-30/h17-18,21-23,28-30H,9-16,19-20H2,1-8H3/b24-17?,25-18+/t28-,29+,30+,40+/m0/s1. The van der Waals surface area contributed by atoms with Gasteiger partial charge in [-0.15, -0.1) is 0 Å². The van der Waals surface area contributed by atoms with E-state index in [1.807, 2.05) is 40.7 Å². The Kier molecular flexibility index (Phi) is 10.1. The molecule has 5 rings (SSSR count). The minimum Gasteiger partial charge on any atom is -0.483 e. The van der Waals surface area contributed by atoms with Gasteiger partial charge >= 0.3 is 11.9 Å². The van der Waals surface area contributed by atoms with Crippen LogP contribution in [0, 0.1) is 11.3 Å². The topological polar surface area (TPSA) is 105 Å². The van der Waals surface area contributed by atoms with Crippen molar-refractivity contribution in [2.24, 2.45) is 11.3 Å². The van der Waals surface area contributed by atoms with Crippen LogP contribution in [0.4, 0.5) is 0 Å². The summed E-state index contributed by atoms with van der Waals surface area (Å²) in [6, 6.07) is 0. The van der Waals surface area contributed by atoms with E-state index in [4.69, 9.17) is 18.9 Å². The van der Waals surface area contributed by atoms with Gasteiger partial charge in [-0.25, -0.2) is 9.59 Å². The smallest absolute Gasteiger partial charge is 0.331 e. The highest BCUT2D eigenvalue weighted by atomic mass is 16.5. The number of rotatable bonds is 11. The number of hydrogen-bond donors (Lipinski definition) is 0. The Morgan fingerprint density at radius 2 is 1.35 bits per heavy atom. The number of ketones is 2. The number of cyclic esters (lactones) is 2. The fourth-order valence-electron chi connectivity index (χ4n) is 7.87. The molecule has 0 aromatic heterocycles. The maximum atomic E-state index is 14.2. The lowest BCUT2D eigenvalue weighted by atomic mass is 9.63. The van der Waals surface area contributed by atoms with Crippen molar-refractivity contribution < 1.29 is 38.1 Å². The van der Waals surface area contributed by atoms with Gasteiger partial charge in [-0.05, 0) is 119 Å². The summed E-state index contributed by atoms with van der Waals surface area (Å²) in [4.78, 5) is 51.1. The van der Waals surface area contributed by atoms with E-state index in [1.54, 1.807) is 26.0 Å². The quantitative estimate of drug-likeness (QED) is 0.162. The van der Waals surface area contributed by atoms with Gasteiger partial charge in [0.2, 0.25) is 11.6 Å². The van der Waals surface area contributed by atoms with Crippen LogP contribution in [0.5, 0.6) is 0 Å². The molecule has 8 heteroatoms. The summed E-state index contributed by atoms with van der Waals surface area (Å²) in [5.74, 6) is 0.680. The van der Waals surface area contributed by atoms with Crippen LogP contribution in [0.3, 0.4) is 0 Å². The number of esters is 2. The molecule has 0 unspecified atom stereocenters. The first kappa shape index (κ1) is 35.6. The zero-order chi connectivity index (χ0) is 35.0. The van der Waals surface area contributed by atoms with Crippen LogP contribution < -0.4 is 0 Å². The molecular formula is C40H52O8. The number of allylic oxidation sites excluding steroid dienone is 4. The molecule has 0 amide bonds. The third-order valence-corrected chi connectivity index (χ3v) is 10.4. The van der Waals surface area contributed by atoms with Crippen LogP contribution in [0.2, 0.25) is 0 Å². The summed E-state index contributed by atoms with van der Waals surface area (Å²) in [5, 5.41) is 0. The van der Waals surface area contributed by atoms with Crippen LogP contribution in [-0.4, -0.2) is 46.9 Å². The molecule has 0 saturated heterocycles. The molecule has 0 saturated carbocycles. The second kappa shape index (κ2) is 13.7. The van der Waals surface area contributed by atoms with Crippen LogP contribution in [0.1, 0.15) is 120 Å². The monoisotopic (exact) mass is 660 g/mol. The highest BCUT2D eigenvalue weighted by Crippen LogP contribution is 2.58. The van der Waals surface area contributed by atoms with Crippen LogP contribution in [0.15, 0.2) is 69.8 Å². The van der Waals surface area contributed by atoms with Crippen molar-refractivity contribution in [1.82, 2.24) is 0 Å². The van der Waals surface area contributed by atoms with Gasteiger partial charge in [-0.1, -0.05) is 22.3 Å². The average molecular weight is 661 g/mol. The molecule has 4 aliphatic heterocycles. The lowest BCUT2D eigenvalue weighted by Crippen LogP contribution is -2.39. The van der Waals surface area contributed by atoms with E-state index in [9.17, 15) is 19.2 Å². The van der Waals surface area contributed by atoms with Crippen LogP contribution >= 0.6 is 0 Å². The molecule has 260 valence electrons. The van der Waals surface area contributed by atoms with Crippen molar-refractivity contribution in [3.05, 3.63) is 69.8 Å². The molecule has 0 spiro atoms. The highest BCUT2D eigenvalue weighted by Gasteiger charge is 2.58. The maximum absolute atomic E-state index is 14.2. The van der Waals surface area contributed by atoms with Crippen molar-refractivity contribution in [2.45, 2.75) is 143 Å². The molecule has 0 radical (unpaired) electrons. The van der Waals surface area contributed by atoms with E-state index in [0.29, 0.717) is 37.0 Å². The molecular weight excluding hydrogens is 608 g/mol. The van der Waals surface area contributed by atoms with E-state index in [1.165, 1.54) is 11.6 Å². The third kappa shape index (κ3) is 7.63. The first-order valence-corrected chi connectivity index (χ1v) is 17.5. The van der Waals surface area contributed by atoms with Gasteiger partial charge in [0.1, 0.15) is 23.7 Å². The van der Waals surface area contributed by atoms with Crippen molar-refractivity contribution in [3.63, 3.8) is 0 Å². The van der Waals surface area contributed by atoms with E-state index in [2.05, 4.69) is 13.0 Å². The molecule has 4 heterocycles. The van der Waals surface area contributed by atoms with Crippen molar-refractivity contribution >= 4 is 23.5 Å². The van der Waals surface area contributed by atoms with Gasteiger partial charge in [-0.3, -0.25) is 9.59 Å². The van der Waals surface area contributed by atoms with Gasteiger partial charge in [0.15, 0.2) is 11.2 Å². The molecule has 0 fully saturated rings. The molecule has 48 heavy (non-hydrogen) atoms. The molecule has 0 aromatic rings.